The van der Waals surface area contributed by atoms with Gasteiger partial charge < -0.3 is 10.2 Å². The molecular formula is C24H25N3O4. The van der Waals surface area contributed by atoms with Crippen LogP contribution >= 0.6 is 0 Å². The SMILES string of the molecule is CN1C(=O)c2ccc(C(=O)N3CCC(NC(=O)CCc4ccccc4)CC3)cc2C1=O. The summed E-state index contributed by atoms with van der Waals surface area (Å²) in [6, 6.07) is 14.6. The first kappa shape index (κ1) is 20.8. The minimum atomic E-state index is -0.383. The predicted molar refractivity (Wildman–Crippen MR) is 115 cm³/mol. The number of amides is 4. The molecular weight excluding hydrogens is 394 g/mol. The second-order valence-corrected chi connectivity index (χ2v) is 8.05. The molecule has 0 aliphatic carbocycles. The molecule has 31 heavy (non-hydrogen) atoms. The van der Waals surface area contributed by atoms with Crippen molar-refractivity contribution in [2.75, 3.05) is 20.1 Å². The van der Waals surface area contributed by atoms with Gasteiger partial charge in [-0.3, -0.25) is 24.1 Å². The summed E-state index contributed by atoms with van der Waals surface area (Å²) in [5, 5.41) is 3.07. The molecule has 2 aliphatic rings. The van der Waals surface area contributed by atoms with Crippen molar-refractivity contribution in [2.45, 2.75) is 31.7 Å². The summed E-state index contributed by atoms with van der Waals surface area (Å²) in [4.78, 5) is 52.1. The zero-order chi connectivity index (χ0) is 22.0. The highest BCUT2D eigenvalue weighted by Gasteiger charge is 2.34. The third-order valence-electron chi connectivity index (χ3n) is 5.97. The fourth-order valence-corrected chi connectivity index (χ4v) is 4.11. The van der Waals surface area contributed by atoms with Gasteiger partial charge in [-0.05, 0) is 43.0 Å². The minimum absolute atomic E-state index is 0.0274. The zero-order valence-electron chi connectivity index (χ0n) is 17.5. The monoisotopic (exact) mass is 419 g/mol. The van der Waals surface area contributed by atoms with E-state index >= 15 is 0 Å². The molecule has 0 atom stereocenters. The number of hydrogen-bond donors (Lipinski definition) is 1. The van der Waals surface area contributed by atoms with E-state index in [1.54, 1.807) is 17.0 Å². The summed E-state index contributed by atoms with van der Waals surface area (Å²) in [5.41, 5.74) is 2.15. The van der Waals surface area contributed by atoms with Crippen molar-refractivity contribution in [1.82, 2.24) is 15.1 Å². The maximum absolute atomic E-state index is 12.9. The topological polar surface area (TPSA) is 86.8 Å². The van der Waals surface area contributed by atoms with Crippen LogP contribution in [0.5, 0.6) is 0 Å². The predicted octanol–water partition coefficient (Wildman–Crippen LogP) is 2.27. The third kappa shape index (κ3) is 4.35. The quantitative estimate of drug-likeness (QED) is 0.754. The van der Waals surface area contributed by atoms with Gasteiger partial charge >= 0.3 is 0 Å². The van der Waals surface area contributed by atoms with Gasteiger partial charge in [0.15, 0.2) is 0 Å². The lowest BCUT2D eigenvalue weighted by molar-refractivity contribution is -0.122. The molecule has 2 aromatic carbocycles. The van der Waals surface area contributed by atoms with Gasteiger partial charge in [0, 0.05) is 38.2 Å². The minimum Gasteiger partial charge on any atom is -0.353 e. The standard InChI is InChI=1S/C24H25N3O4/c1-26-23(30)19-9-8-17(15-20(19)24(26)31)22(29)27-13-11-18(12-14-27)25-21(28)10-7-16-5-3-2-4-6-16/h2-6,8-9,15,18H,7,10-14H2,1H3,(H,25,28). The Morgan fingerprint density at radius 1 is 0.968 bits per heavy atom. The van der Waals surface area contributed by atoms with Crippen LogP contribution in [-0.2, 0) is 11.2 Å². The number of piperidine rings is 1. The van der Waals surface area contributed by atoms with Crippen molar-refractivity contribution in [3.8, 4) is 0 Å². The van der Waals surface area contributed by atoms with Crippen LogP contribution in [0, 0.1) is 0 Å². The Labute approximate surface area is 181 Å². The second-order valence-electron chi connectivity index (χ2n) is 8.05. The van der Waals surface area contributed by atoms with Crippen LogP contribution in [0.1, 0.15) is 55.9 Å². The van der Waals surface area contributed by atoms with Crippen LogP contribution in [0.15, 0.2) is 48.5 Å². The van der Waals surface area contributed by atoms with E-state index in [9.17, 15) is 19.2 Å². The van der Waals surface area contributed by atoms with Crippen LogP contribution in [0.4, 0.5) is 0 Å². The van der Waals surface area contributed by atoms with E-state index in [0.29, 0.717) is 49.9 Å². The van der Waals surface area contributed by atoms with Crippen molar-refractivity contribution >= 4 is 23.6 Å². The molecule has 0 bridgehead atoms. The highest BCUT2D eigenvalue weighted by molar-refractivity contribution is 6.21. The van der Waals surface area contributed by atoms with E-state index in [-0.39, 0.29) is 35.2 Å². The van der Waals surface area contributed by atoms with Crippen molar-refractivity contribution < 1.29 is 19.2 Å². The molecule has 0 radical (unpaired) electrons. The maximum Gasteiger partial charge on any atom is 0.261 e. The number of hydrogen-bond acceptors (Lipinski definition) is 4. The van der Waals surface area contributed by atoms with E-state index in [0.717, 1.165) is 10.5 Å². The van der Waals surface area contributed by atoms with Gasteiger partial charge in [0.1, 0.15) is 0 Å². The van der Waals surface area contributed by atoms with Gasteiger partial charge in [-0.2, -0.15) is 0 Å². The van der Waals surface area contributed by atoms with Crippen LogP contribution in [-0.4, -0.2) is 59.6 Å². The average molecular weight is 419 g/mol. The van der Waals surface area contributed by atoms with Crippen molar-refractivity contribution in [2.24, 2.45) is 0 Å². The fourth-order valence-electron chi connectivity index (χ4n) is 4.11. The lowest BCUT2D eigenvalue weighted by Crippen LogP contribution is -2.46. The van der Waals surface area contributed by atoms with Gasteiger partial charge in [0.2, 0.25) is 5.91 Å². The smallest absolute Gasteiger partial charge is 0.261 e. The van der Waals surface area contributed by atoms with Gasteiger partial charge in [0.05, 0.1) is 11.1 Å². The molecule has 0 saturated carbocycles. The molecule has 0 aromatic heterocycles. The molecule has 0 unspecified atom stereocenters. The van der Waals surface area contributed by atoms with E-state index in [1.807, 2.05) is 30.3 Å². The number of imide groups is 1. The molecule has 7 nitrogen and oxygen atoms in total. The number of carbonyl (C=O) groups excluding carboxylic acids is 4. The Morgan fingerprint density at radius 2 is 1.65 bits per heavy atom. The maximum atomic E-state index is 12.9. The Hall–Kier alpha value is -3.48. The number of rotatable bonds is 5. The van der Waals surface area contributed by atoms with Gasteiger partial charge in [0.25, 0.3) is 17.7 Å². The summed E-state index contributed by atoms with van der Waals surface area (Å²) in [5.74, 6) is -0.861. The normalized spacial score (nSPS) is 16.4. The number of carbonyl (C=O) groups is 4. The summed E-state index contributed by atoms with van der Waals surface area (Å²) >= 11 is 0. The molecule has 2 heterocycles. The molecule has 1 saturated heterocycles. The summed E-state index contributed by atoms with van der Waals surface area (Å²) in [6.45, 7) is 1.07. The first-order valence-electron chi connectivity index (χ1n) is 10.5. The van der Waals surface area contributed by atoms with Gasteiger partial charge in [-0.25, -0.2) is 0 Å². The number of likely N-dealkylation sites (tertiary alicyclic amines) is 1. The van der Waals surface area contributed by atoms with Crippen molar-refractivity contribution in [3.63, 3.8) is 0 Å². The molecule has 1 N–H and O–H groups in total. The molecule has 2 aromatic rings. The van der Waals surface area contributed by atoms with E-state index in [4.69, 9.17) is 0 Å². The Morgan fingerprint density at radius 3 is 2.35 bits per heavy atom. The lowest BCUT2D eigenvalue weighted by Gasteiger charge is -2.32. The van der Waals surface area contributed by atoms with Gasteiger partial charge in [-0.15, -0.1) is 0 Å². The highest BCUT2D eigenvalue weighted by atomic mass is 16.2. The van der Waals surface area contributed by atoms with Crippen LogP contribution in [0.25, 0.3) is 0 Å². The van der Waals surface area contributed by atoms with E-state index in [2.05, 4.69) is 5.32 Å². The molecule has 4 rings (SSSR count). The number of benzene rings is 2. The second kappa shape index (κ2) is 8.71. The van der Waals surface area contributed by atoms with Crippen molar-refractivity contribution in [1.29, 1.82) is 0 Å². The molecule has 4 amide bonds. The van der Waals surface area contributed by atoms with E-state index in [1.165, 1.54) is 13.1 Å². The average Bonchev–Trinajstić information content (AvgIpc) is 3.02. The van der Waals surface area contributed by atoms with Crippen LogP contribution < -0.4 is 5.32 Å². The summed E-state index contributed by atoms with van der Waals surface area (Å²) in [6.07, 6.45) is 2.53. The molecule has 7 heteroatoms. The zero-order valence-corrected chi connectivity index (χ0v) is 17.5. The lowest BCUT2D eigenvalue weighted by atomic mass is 10.0. The largest absolute Gasteiger partial charge is 0.353 e. The first-order chi connectivity index (χ1) is 14.9. The number of aryl methyl sites for hydroxylation is 1. The van der Waals surface area contributed by atoms with Crippen LogP contribution in [0.2, 0.25) is 0 Å². The molecule has 160 valence electrons. The van der Waals surface area contributed by atoms with Crippen molar-refractivity contribution in [3.05, 3.63) is 70.8 Å². The Bertz CT molecular complexity index is 1030. The number of fused-ring (bicyclic) bond motifs is 1. The number of nitrogens with one attached hydrogen (secondary N) is 1. The Balaban J connectivity index is 1.29. The summed E-state index contributed by atoms with van der Waals surface area (Å²) in [7, 11) is 1.44. The summed E-state index contributed by atoms with van der Waals surface area (Å²) < 4.78 is 0. The fraction of sp³-hybridized carbons (Fsp3) is 0.333. The first-order valence-corrected chi connectivity index (χ1v) is 10.5. The molecule has 1 fully saturated rings. The molecule has 2 aliphatic heterocycles. The highest BCUT2D eigenvalue weighted by Crippen LogP contribution is 2.24. The van der Waals surface area contributed by atoms with Crippen LogP contribution in [0.3, 0.4) is 0 Å². The van der Waals surface area contributed by atoms with E-state index < -0.39 is 0 Å². The van der Waals surface area contributed by atoms with Gasteiger partial charge in [-0.1, -0.05) is 30.3 Å². The Kier molecular flexibility index (Phi) is 5.84. The number of nitrogens with zero attached hydrogens (tertiary/aromatic N) is 2. The third-order valence-corrected chi connectivity index (χ3v) is 5.97. The molecule has 0 spiro atoms.